The third-order valence-electron chi connectivity index (χ3n) is 6.13. The summed E-state index contributed by atoms with van der Waals surface area (Å²) in [7, 11) is 1.66. The van der Waals surface area contributed by atoms with Crippen molar-refractivity contribution in [1.29, 1.82) is 0 Å². The Morgan fingerprint density at radius 1 is 0.939 bits per heavy atom. The maximum absolute atomic E-state index is 12.8. The summed E-state index contributed by atoms with van der Waals surface area (Å²) >= 11 is 0. The van der Waals surface area contributed by atoms with Crippen LogP contribution in [-0.4, -0.2) is 53.9 Å². The van der Waals surface area contributed by atoms with E-state index in [4.69, 9.17) is 4.74 Å². The largest absolute Gasteiger partial charge is 0.497 e. The zero-order valence-corrected chi connectivity index (χ0v) is 19.2. The molecule has 1 aliphatic rings. The van der Waals surface area contributed by atoms with E-state index in [-0.39, 0.29) is 24.4 Å². The number of nitrogens with zero attached hydrogens (tertiary/aromatic N) is 4. The molecule has 1 saturated heterocycles. The lowest BCUT2D eigenvalue weighted by Gasteiger charge is -2.36. The van der Waals surface area contributed by atoms with Crippen LogP contribution in [0.2, 0.25) is 0 Å². The summed E-state index contributed by atoms with van der Waals surface area (Å²) in [6.45, 7) is 5.27. The van der Waals surface area contributed by atoms with Gasteiger partial charge in [0.25, 0.3) is 5.56 Å². The molecule has 2 aromatic carbocycles. The smallest absolute Gasteiger partial charge is 0.266 e. The van der Waals surface area contributed by atoms with Gasteiger partial charge >= 0.3 is 0 Å². The Hall–Kier alpha value is -3.61. The molecule has 0 unspecified atom stereocenters. The molecule has 1 amide bonds. The molecular formula is C26H30N4O3. The highest BCUT2D eigenvalue weighted by molar-refractivity contribution is 5.76. The van der Waals surface area contributed by atoms with Crippen molar-refractivity contribution in [3.63, 3.8) is 0 Å². The van der Waals surface area contributed by atoms with Crippen LogP contribution in [0.15, 0.2) is 65.5 Å². The molecular weight excluding hydrogens is 416 g/mol. The zero-order valence-electron chi connectivity index (χ0n) is 19.2. The fourth-order valence-corrected chi connectivity index (χ4v) is 4.04. The Bertz CT molecular complexity index is 1130. The number of anilines is 1. The standard InChI is InChI=1S/C26H30N4O3/c1-3-20-4-6-21(7-5-20)24-12-13-26(32)30(27-24)15-14-25(31)29-18-16-28(17-19-29)22-8-10-23(33-2)11-9-22/h4-13H,3,14-19H2,1-2H3. The predicted octanol–water partition coefficient (Wildman–Crippen LogP) is 3.22. The van der Waals surface area contributed by atoms with Crippen LogP contribution >= 0.6 is 0 Å². The molecule has 0 bridgehead atoms. The third kappa shape index (κ3) is 5.42. The number of amides is 1. The quantitative estimate of drug-likeness (QED) is 0.558. The summed E-state index contributed by atoms with van der Waals surface area (Å²) in [5, 5.41) is 4.50. The molecule has 1 aromatic heterocycles. The van der Waals surface area contributed by atoms with Crippen molar-refractivity contribution < 1.29 is 9.53 Å². The van der Waals surface area contributed by atoms with Gasteiger partial charge in [0.2, 0.25) is 5.91 Å². The van der Waals surface area contributed by atoms with Crippen molar-refractivity contribution in [2.75, 3.05) is 38.2 Å². The highest BCUT2D eigenvalue weighted by atomic mass is 16.5. The number of benzene rings is 2. The van der Waals surface area contributed by atoms with Gasteiger partial charge < -0.3 is 14.5 Å². The first-order valence-corrected chi connectivity index (χ1v) is 11.4. The highest BCUT2D eigenvalue weighted by Gasteiger charge is 2.21. The molecule has 7 heteroatoms. The lowest BCUT2D eigenvalue weighted by Crippen LogP contribution is -2.49. The van der Waals surface area contributed by atoms with Crippen LogP contribution in [0.4, 0.5) is 5.69 Å². The summed E-state index contributed by atoms with van der Waals surface area (Å²) in [6, 6.07) is 19.4. The van der Waals surface area contributed by atoms with Gasteiger partial charge in [-0.3, -0.25) is 9.59 Å². The first kappa shape index (κ1) is 22.6. The second kappa shape index (κ2) is 10.3. The number of methoxy groups -OCH3 is 1. The van der Waals surface area contributed by atoms with E-state index in [0.717, 1.165) is 42.2 Å². The summed E-state index contributed by atoms with van der Waals surface area (Å²) in [4.78, 5) is 29.2. The Balaban J connectivity index is 1.33. The molecule has 0 saturated carbocycles. The van der Waals surface area contributed by atoms with Gasteiger partial charge in [0, 0.05) is 49.9 Å². The van der Waals surface area contributed by atoms with E-state index in [1.165, 1.54) is 16.3 Å². The third-order valence-corrected chi connectivity index (χ3v) is 6.13. The van der Waals surface area contributed by atoms with Crippen molar-refractivity contribution in [3.8, 4) is 17.0 Å². The lowest BCUT2D eigenvalue weighted by atomic mass is 10.1. The maximum atomic E-state index is 12.8. The minimum Gasteiger partial charge on any atom is -0.497 e. The number of aromatic nitrogens is 2. The number of aryl methyl sites for hydroxylation is 2. The van der Waals surface area contributed by atoms with E-state index in [1.54, 1.807) is 13.2 Å². The van der Waals surface area contributed by atoms with E-state index in [2.05, 4.69) is 29.1 Å². The van der Waals surface area contributed by atoms with Crippen molar-refractivity contribution in [2.45, 2.75) is 26.3 Å². The highest BCUT2D eigenvalue weighted by Crippen LogP contribution is 2.21. The van der Waals surface area contributed by atoms with Crippen molar-refractivity contribution in [2.24, 2.45) is 0 Å². The topological polar surface area (TPSA) is 67.7 Å². The molecule has 0 spiro atoms. The van der Waals surface area contributed by atoms with E-state index in [1.807, 2.05) is 41.3 Å². The summed E-state index contributed by atoms with van der Waals surface area (Å²) < 4.78 is 6.62. The number of carbonyl (C=O) groups is 1. The van der Waals surface area contributed by atoms with Gasteiger partial charge in [-0.1, -0.05) is 31.2 Å². The Morgan fingerprint density at radius 3 is 2.27 bits per heavy atom. The predicted molar refractivity (Wildman–Crippen MR) is 130 cm³/mol. The van der Waals surface area contributed by atoms with Crippen molar-refractivity contribution >= 4 is 11.6 Å². The Morgan fingerprint density at radius 2 is 1.64 bits per heavy atom. The van der Waals surface area contributed by atoms with Crippen molar-refractivity contribution in [3.05, 3.63) is 76.6 Å². The molecule has 0 radical (unpaired) electrons. The second-order valence-electron chi connectivity index (χ2n) is 8.15. The molecule has 0 atom stereocenters. The molecule has 172 valence electrons. The zero-order chi connectivity index (χ0) is 23.2. The number of hydrogen-bond donors (Lipinski definition) is 0. The fourth-order valence-electron chi connectivity index (χ4n) is 4.04. The van der Waals surface area contributed by atoms with Crippen LogP contribution in [0.3, 0.4) is 0 Å². The fraction of sp³-hybridized carbons (Fsp3) is 0.346. The van der Waals surface area contributed by atoms with Gasteiger partial charge in [0.15, 0.2) is 0 Å². The minimum atomic E-state index is -0.193. The molecule has 7 nitrogen and oxygen atoms in total. The number of hydrogen-bond acceptors (Lipinski definition) is 5. The van der Waals surface area contributed by atoms with E-state index in [9.17, 15) is 9.59 Å². The Labute approximate surface area is 194 Å². The van der Waals surface area contributed by atoms with Crippen molar-refractivity contribution in [1.82, 2.24) is 14.7 Å². The average molecular weight is 447 g/mol. The van der Waals surface area contributed by atoms with E-state index >= 15 is 0 Å². The Kier molecular flexibility index (Phi) is 7.07. The lowest BCUT2D eigenvalue weighted by molar-refractivity contribution is -0.131. The van der Waals surface area contributed by atoms with Crippen LogP contribution in [0, 0.1) is 0 Å². The van der Waals surface area contributed by atoms with Gasteiger partial charge in [-0.25, -0.2) is 4.68 Å². The normalized spacial score (nSPS) is 13.8. The summed E-state index contributed by atoms with van der Waals surface area (Å²) in [6.07, 6.45) is 1.23. The van der Waals surface area contributed by atoms with Crippen LogP contribution in [0.1, 0.15) is 18.9 Å². The van der Waals surface area contributed by atoms with Crippen LogP contribution < -0.4 is 15.2 Å². The minimum absolute atomic E-state index is 0.0517. The SMILES string of the molecule is CCc1ccc(-c2ccc(=O)n(CCC(=O)N3CCN(c4ccc(OC)cc4)CC3)n2)cc1. The molecule has 0 N–H and O–H groups in total. The van der Waals surface area contributed by atoms with Gasteiger partial charge in [-0.05, 0) is 42.3 Å². The van der Waals surface area contributed by atoms with Gasteiger partial charge in [0.05, 0.1) is 19.3 Å². The molecule has 33 heavy (non-hydrogen) atoms. The van der Waals surface area contributed by atoms with E-state index < -0.39 is 0 Å². The molecule has 4 rings (SSSR count). The molecule has 1 fully saturated rings. The first-order chi connectivity index (χ1) is 16.1. The number of carbonyl (C=O) groups excluding carboxylic acids is 1. The van der Waals surface area contributed by atoms with Crippen LogP contribution in [0.25, 0.3) is 11.3 Å². The summed E-state index contributed by atoms with van der Waals surface area (Å²) in [5.74, 6) is 0.884. The van der Waals surface area contributed by atoms with Crippen LogP contribution in [-0.2, 0) is 17.8 Å². The number of piperazine rings is 1. The molecule has 0 aliphatic carbocycles. The molecule has 1 aliphatic heterocycles. The number of rotatable bonds is 7. The number of ether oxygens (including phenoxy) is 1. The van der Waals surface area contributed by atoms with Gasteiger partial charge in [0.1, 0.15) is 5.75 Å². The molecule has 3 aromatic rings. The van der Waals surface area contributed by atoms with E-state index in [0.29, 0.717) is 13.1 Å². The van der Waals surface area contributed by atoms with Gasteiger partial charge in [-0.2, -0.15) is 5.10 Å². The summed E-state index contributed by atoms with van der Waals surface area (Å²) in [5.41, 5.74) is 3.88. The average Bonchev–Trinajstić information content (AvgIpc) is 2.88. The second-order valence-corrected chi connectivity index (χ2v) is 8.15. The monoisotopic (exact) mass is 446 g/mol. The first-order valence-electron chi connectivity index (χ1n) is 11.4. The van der Waals surface area contributed by atoms with Gasteiger partial charge in [-0.15, -0.1) is 0 Å². The van der Waals surface area contributed by atoms with Crippen LogP contribution in [0.5, 0.6) is 5.75 Å². The molecule has 2 heterocycles. The maximum Gasteiger partial charge on any atom is 0.266 e.